The first-order valence-electron chi connectivity index (χ1n) is 7.22. The number of piperidine rings is 1. The van der Waals surface area contributed by atoms with Crippen molar-refractivity contribution in [3.8, 4) is 0 Å². The van der Waals surface area contributed by atoms with Gasteiger partial charge in [0.2, 0.25) is 0 Å². The molecule has 0 radical (unpaired) electrons. The second-order valence-electron chi connectivity index (χ2n) is 6.03. The minimum absolute atomic E-state index is 0.345. The molecule has 3 N–H and O–H groups in total. The molecule has 0 amide bonds. The average Bonchev–Trinajstić information content (AvgIpc) is 2.76. The number of nitrogens with two attached hydrogens (primary N) is 1. The SMILES string of the molecule is CCC(CC(=N)N)N1CCC2(CCCC2)CC1. The van der Waals surface area contributed by atoms with Crippen LogP contribution in [-0.4, -0.2) is 29.9 Å². The first-order valence-corrected chi connectivity index (χ1v) is 7.22. The summed E-state index contributed by atoms with van der Waals surface area (Å²) in [5, 5.41) is 7.46. The van der Waals surface area contributed by atoms with Gasteiger partial charge in [0, 0.05) is 12.5 Å². The average molecular weight is 237 g/mol. The van der Waals surface area contributed by atoms with E-state index in [-0.39, 0.29) is 0 Å². The van der Waals surface area contributed by atoms with Crippen molar-refractivity contribution in [1.82, 2.24) is 4.90 Å². The molecule has 2 aliphatic rings. The van der Waals surface area contributed by atoms with Gasteiger partial charge in [0.05, 0.1) is 5.84 Å². The maximum absolute atomic E-state index is 7.46. The van der Waals surface area contributed by atoms with E-state index in [1.165, 1.54) is 51.6 Å². The number of hydrogen-bond donors (Lipinski definition) is 2. The molecule has 1 aliphatic carbocycles. The Morgan fingerprint density at radius 2 is 1.82 bits per heavy atom. The van der Waals surface area contributed by atoms with Crippen LogP contribution in [0.25, 0.3) is 0 Å². The topological polar surface area (TPSA) is 53.1 Å². The molecule has 1 saturated heterocycles. The van der Waals surface area contributed by atoms with Crippen LogP contribution in [0.2, 0.25) is 0 Å². The van der Waals surface area contributed by atoms with E-state index >= 15 is 0 Å². The lowest BCUT2D eigenvalue weighted by atomic mass is 9.76. The van der Waals surface area contributed by atoms with Crippen LogP contribution < -0.4 is 5.73 Å². The van der Waals surface area contributed by atoms with Gasteiger partial charge in [0.1, 0.15) is 0 Å². The van der Waals surface area contributed by atoms with Gasteiger partial charge in [0.25, 0.3) is 0 Å². The van der Waals surface area contributed by atoms with Gasteiger partial charge in [-0.1, -0.05) is 19.8 Å². The molecule has 17 heavy (non-hydrogen) atoms. The standard InChI is InChI=1S/C14H27N3/c1-2-12(11-13(15)16)17-9-7-14(8-10-17)5-3-4-6-14/h12H,2-11H2,1H3,(H3,15,16). The lowest BCUT2D eigenvalue weighted by Gasteiger charge is -2.42. The summed E-state index contributed by atoms with van der Waals surface area (Å²) in [5.41, 5.74) is 6.25. The van der Waals surface area contributed by atoms with Crippen LogP contribution in [0.5, 0.6) is 0 Å². The summed E-state index contributed by atoms with van der Waals surface area (Å²) in [6, 6.07) is 0.506. The molecule has 1 aliphatic heterocycles. The fourth-order valence-electron chi connectivity index (χ4n) is 3.77. The Morgan fingerprint density at radius 1 is 1.24 bits per heavy atom. The normalized spacial score (nSPS) is 26.2. The fraction of sp³-hybridized carbons (Fsp3) is 0.929. The van der Waals surface area contributed by atoms with Crippen LogP contribution >= 0.6 is 0 Å². The molecule has 98 valence electrons. The minimum atomic E-state index is 0.345. The molecule has 2 rings (SSSR count). The molecule has 1 saturated carbocycles. The Morgan fingerprint density at radius 3 is 2.29 bits per heavy atom. The Hall–Kier alpha value is -0.570. The molecular weight excluding hydrogens is 210 g/mol. The maximum atomic E-state index is 7.46. The van der Waals surface area contributed by atoms with Crippen molar-refractivity contribution >= 4 is 5.84 Å². The van der Waals surface area contributed by atoms with Crippen molar-refractivity contribution in [2.24, 2.45) is 11.1 Å². The lowest BCUT2D eigenvalue weighted by molar-refractivity contribution is 0.0763. The molecule has 0 bridgehead atoms. The van der Waals surface area contributed by atoms with Crippen molar-refractivity contribution in [2.75, 3.05) is 13.1 Å². The van der Waals surface area contributed by atoms with Gasteiger partial charge in [-0.3, -0.25) is 10.3 Å². The van der Waals surface area contributed by atoms with Gasteiger partial charge in [-0.2, -0.15) is 0 Å². The monoisotopic (exact) mass is 237 g/mol. The molecule has 1 unspecified atom stereocenters. The Bertz CT molecular complexity index is 259. The van der Waals surface area contributed by atoms with Gasteiger partial charge in [-0.05, 0) is 50.6 Å². The molecule has 0 aromatic carbocycles. The highest BCUT2D eigenvalue weighted by Crippen LogP contribution is 2.46. The van der Waals surface area contributed by atoms with Crippen LogP contribution in [0, 0.1) is 10.8 Å². The second-order valence-corrected chi connectivity index (χ2v) is 6.03. The third-order valence-electron chi connectivity index (χ3n) is 4.97. The van der Waals surface area contributed by atoms with Crippen molar-refractivity contribution in [3.63, 3.8) is 0 Å². The number of nitrogens with one attached hydrogen (secondary N) is 1. The molecule has 3 heteroatoms. The third-order valence-corrected chi connectivity index (χ3v) is 4.97. The molecule has 1 heterocycles. The highest BCUT2D eigenvalue weighted by atomic mass is 15.2. The summed E-state index contributed by atoms with van der Waals surface area (Å²) in [5.74, 6) is 0.345. The minimum Gasteiger partial charge on any atom is -0.388 e. The number of hydrogen-bond acceptors (Lipinski definition) is 2. The summed E-state index contributed by atoms with van der Waals surface area (Å²) >= 11 is 0. The smallest absolute Gasteiger partial charge is 0.0921 e. The number of likely N-dealkylation sites (tertiary alicyclic amines) is 1. The van der Waals surface area contributed by atoms with Crippen LogP contribution in [0.1, 0.15) is 58.3 Å². The van der Waals surface area contributed by atoms with Crippen molar-refractivity contribution in [1.29, 1.82) is 5.41 Å². The Labute approximate surface area is 105 Å². The van der Waals surface area contributed by atoms with E-state index in [2.05, 4.69) is 11.8 Å². The van der Waals surface area contributed by atoms with E-state index in [0.29, 0.717) is 17.3 Å². The van der Waals surface area contributed by atoms with Gasteiger partial charge in [0.15, 0.2) is 0 Å². The van der Waals surface area contributed by atoms with E-state index in [9.17, 15) is 0 Å². The Kier molecular flexibility index (Phi) is 4.08. The van der Waals surface area contributed by atoms with Crippen molar-refractivity contribution in [3.05, 3.63) is 0 Å². The largest absolute Gasteiger partial charge is 0.388 e. The molecule has 0 aromatic rings. The van der Waals surface area contributed by atoms with E-state index < -0.39 is 0 Å². The van der Waals surface area contributed by atoms with Crippen molar-refractivity contribution in [2.45, 2.75) is 64.3 Å². The zero-order chi connectivity index (χ0) is 12.3. The van der Waals surface area contributed by atoms with Crippen molar-refractivity contribution < 1.29 is 0 Å². The van der Waals surface area contributed by atoms with Crippen LogP contribution in [0.3, 0.4) is 0 Å². The zero-order valence-corrected chi connectivity index (χ0v) is 11.2. The van der Waals surface area contributed by atoms with E-state index in [1.807, 2.05) is 0 Å². The second kappa shape index (κ2) is 5.38. The van der Waals surface area contributed by atoms with Gasteiger partial charge >= 0.3 is 0 Å². The third kappa shape index (κ3) is 3.01. The van der Waals surface area contributed by atoms with E-state index in [1.54, 1.807) is 0 Å². The molecule has 2 fully saturated rings. The number of rotatable bonds is 4. The van der Waals surface area contributed by atoms with E-state index in [4.69, 9.17) is 11.1 Å². The first kappa shape index (κ1) is 12.9. The molecule has 0 aromatic heterocycles. The van der Waals surface area contributed by atoms with Gasteiger partial charge in [-0.15, -0.1) is 0 Å². The molecule has 3 nitrogen and oxygen atoms in total. The summed E-state index contributed by atoms with van der Waals surface area (Å²) in [6.45, 7) is 4.67. The molecular formula is C14H27N3. The zero-order valence-electron chi connectivity index (χ0n) is 11.2. The predicted molar refractivity (Wildman–Crippen MR) is 72.3 cm³/mol. The quantitative estimate of drug-likeness (QED) is 0.583. The highest BCUT2D eigenvalue weighted by molar-refractivity contribution is 5.77. The predicted octanol–water partition coefficient (Wildman–Crippen LogP) is 2.75. The summed E-state index contributed by atoms with van der Waals surface area (Å²) in [4.78, 5) is 2.57. The fourth-order valence-corrected chi connectivity index (χ4v) is 3.77. The summed E-state index contributed by atoms with van der Waals surface area (Å²) in [6.07, 6.45) is 10.4. The van der Waals surface area contributed by atoms with Crippen LogP contribution in [0.15, 0.2) is 0 Å². The molecule has 1 spiro atoms. The van der Waals surface area contributed by atoms with Gasteiger partial charge in [-0.25, -0.2) is 0 Å². The highest BCUT2D eigenvalue weighted by Gasteiger charge is 2.37. The number of amidine groups is 1. The summed E-state index contributed by atoms with van der Waals surface area (Å²) < 4.78 is 0. The first-order chi connectivity index (χ1) is 8.15. The Balaban J connectivity index is 1.86. The van der Waals surface area contributed by atoms with Crippen LogP contribution in [-0.2, 0) is 0 Å². The molecule has 1 atom stereocenters. The number of nitrogens with zero attached hydrogens (tertiary/aromatic N) is 1. The van der Waals surface area contributed by atoms with E-state index in [0.717, 1.165) is 12.8 Å². The van der Waals surface area contributed by atoms with Gasteiger partial charge < -0.3 is 5.73 Å². The van der Waals surface area contributed by atoms with Crippen LogP contribution in [0.4, 0.5) is 0 Å². The lowest BCUT2D eigenvalue weighted by Crippen LogP contribution is -2.45. The summed E-state index contributed by atoms with van der Waals surface area (Å²) in [7, 11) is 0. The maximum Gasteiger partial charge on any atom is 0.0921 e.